The van der Waals surface area contributed by atoms with E-state index in [1.165, 1.54) is 0 Å². The topological polar surface area (TPSA) is 56.2 Å². The average molecular weight is 148 g/mol. The second kappa shape index (κ2) is 1.95. The molecule has 56 valence electrons. The molecule has 0 aliphatic heterocycles. The van der Waals surface area contributed by atoms with E-state index in [1.807, 2.05) is 17.5 Å². The molecule has 0 fully saturated rings. The van der Waals surface area contributed by atoms with Crippen LogP contribution in [0.3, 0.4) is 0 Å². The van der Waals surface area contributed by atoms with E-state index in [0.717, 1.165) is 5.69 Å². The number of anilines is 1. The lowest BCUT2D eigenvalue weighted by Gasteiger charge is -1.95. The fraction of sp³-hybridized carbons (Fsp3) is 0.143. The fourth-order valence-corrected chi connectivity index (χ4v) is 1.00. The summed E-state index contributed by atoms with van der Waals surface area (Å²) >= 11 is 0. The van der Waals surface area contributed by atoms with Gasteiger partial charge in [0.05, 0.1) is 18.1 Å². The first-order valence-electron chi connectivity index (χ1n) is 3.32. The van der Waals surface area contributed by atoms with E-state index in [4.69, 9.17) is 5.73 Å². The Kier molecular flexibility index (Phi) is 1.09. The molecule has 2 rings (SSSR count). The lowest BCUT2D eigenvalue weighted by atomic mass is 10.5. The minimum atomic E-state index is 0.651. The van der Waals surface area contributed by atoms with E-state index < -0.39 is 0 Å². The number of aryl methyl sites for hydroxylation is 1. The first-order chi connectivity index (χ1) is 5.27. The Bertz CT molecular complexity index is 390. The fourth-order valence-electron chi connectivity index (χ4n) is 1.00. The number of imidazole rings is 1. The van der Waals surface area contributed by atoms with Gasteiger partial charge in [-0.25, -0.2) is 9.97 Å². The third kappa shape index (κ3) is 0.832. The lowest BCUT2D eigenvalue weighted by molar-refractivity contribution is 1.07. The molecular weight excluding hydrogens is 140 g/mol. The van der Waals surface area contributed by atoms with Crippen molar-refractivity contribution in [3.05, 3.63) is 24.3 Å². The molecule has 0 saturated carbocycles. The highest BCUT2D eigenvalue weighted by Gasteiger charge is 1.97. The van der Waals surface area contributed by atoms with Crippen molar-refractivity contribution in [1.29, 1.82) is 0 Å². The van der Waals surface area contributed by atoms with E-state index in [1.54, 1.807) is 12.4 Å². The summed E-state index contributed by atoms with van der Waals surface area (Å²) in [6.07, 6.45) is 5.17. The van der Waals surface area contributed by atoms with Crippen LogP contribution in [0, 0.1) is 6.92 Å². The van der Waals surface area contributed by atoms with Gasteiger partial charge in [-0.15, -0.1) is 0 Å². The standard InChI is InChI=1S/C7H8N4/c1-5-2-9-7-10-3-6(8)4-11(5)7/h2-4H,8H2,1H3. The van der Waals surface area contributed by atoms with Crippen LogP contribution in [-0.4, -0.2) is 14.4 Å². The molecule has 0 aliphatic carbocycles. The number of hydrogen-bond acceptors (Lipinski definition) is 3. The third-order valence-electron chi connectivity index (χ3n) is 1.57. The third-order valence-corrected chi connectivity index (χ3v) is 1.57. The summed E-state index contributed by atoms with van der Waals surface area (Å²) in [7, 11) is 0. The molecule has 0 aliphatic rings. The number of hydrogen-bond donors (Lipinski definition) is 1. The van der Waals surface area contributed by atoms with Crippen molar-refractivity contribution in [2.45, 2.75) is 6.92 Å². The lowest BCUT2D eigenvalue weighted by Crippen LogP contribution is -1.94. The van der Waals surface area contributed by atoms with Crippen LogP contribution < -0.4 is 5.73 Å². The van der Waals surface area contributed by atoms with Gasteiger partial charge in [0.2, 0.25) is 5.78 Å². The quantitative estimate of drug-likeness (QED) is 0.595. The van der Waals surface area contributed by atoms with Gasteiger partial charge in [-0.1, -0.05) is 0 Å². The van der Waals surface area contributed by atoms with Crippen molar-refractivity contribution >= 4 is 11.5 Å². The van der Waals surface area contributed by atoms with Gasteiger partial charge in [0, 0.05) is 11.9 Å². The van der Waals surface area contributed by atoms with E-state index in [9.17, 15) is 0 Å². The molecule has 0 saturated heterocycles. The van der Waals surface area contributed by atoms with Crippen molar-refractivity contribution in [2.75, 3.05) is 5.73 Å². The highest BCUT2D eigenvalue weighted by molar-refractivity contribution is 5.40. The summed E-state index contributed by atoms with van der Waals surface area (Å²) < 4.78 is 1.86. The Hall–Kier alpha value is -1.58. The molecular formula is C7H8N4. The van der Waals surface area contributed by atoms with E-state index >= 15 is 0 Å². The predicted octanol–water partition coefficient (Wildman–Crippen LogP) is 0.620. The zero-order valence-electron chi connectivity index (χ0n) is 6.15. The maximum atomic E-state index is 5.54. The van der Waals surface area contributed by atoms with Gasteiger partial charge in [-0.2, -0.15) is 0 Å². The molecule has 0 unspecified atom stereocenters. The minimum Gasteiger partial charge on any atom is -0.396 e. The summed E-state index contributed by atoms with van der Waals surface area (Å²) in [6.45, 7) is 1.96. The number of rotatable bonds is 0. The van der Waals surface area contributed by atoms with Gasteiger partial charge >= 0.3 is 0 Å². The van der Waals surface area contributed by atoms with Crippen LogP contribution in [0.2, 0.25) is 0 Å². The monoisotopic (exact) mass is 148 g/mol. The van der Waals surface area contributed by atoms with Crippen LogP contribution in [0.25, 0.3) is 5.78 Å². The molecule has 11 heavy (non-hydrogen) atoms. The molecule has 2 heterocycles. The number of fused-ring (bicyclic) bond motifs is 1. The van der Waals surface area contributed by atoms with Crippen LogP contribution in [0.1, 0.15) is 5.69 Å². The number of nitrogens with zero attached hydrogens (tertiary/aromatic N) is 3. The zero-order chi connectivity index (χ0) is 7.84. The van der Waals surface area contributed by atoms with Crippen LogP contribution in [0.15, 0.2) is 18.6 Å². The highest BCUT2D eigenvalue weighted by atomic mass is 15.1. The molecule has 2 aromatic heterocycles. The van der Waals surface area contributed by atoms with Gasteiger partial charge in [0.15, 0.2) is 0 Å². The van der Waals surface area contributed by atoms with Crippen molar-refractivity contribution in [2.24, 2.45) is 0 Å². The summed E-state index contributed by atoms with van der Waals surface area (Å²) in [4.78, 5) is 8.08. The molecule has 0 bridgehead atoms. The van der Waals surface area contributed by atoms with Gasteiger partial charge in [0.25, 0.3) is 0 Å². The molecule has 4 nitrogen and oxygen atoms in total. The summed E-state index contributed by atoms with van der Waals surface area (Å²) in [6, 6.07) is 0. The van der Waals surface area contributed by atoms with Crippen molar-refractivity contribution in [3.8, 4) is 0 Å². The van der Waals surface area contributed by atoms with Crippen molar-refractivity contribution < 1.29 is 0 Å². The number of aromatic nitrogens is 3. The summed E-state index contributed by atoms with van der Waals surface area (Å²) in [5.74, 6) is 0.691. The SMILES string of the molecule is Cc1cnc2ncc(N)cn12. The molecule has 0 amide bonds. The Labute approximate surface area is 63.7 Å². The maximum Gasteiger partial charge on any atom is 0.234 e. The highest BCUT2D eigenvalue weighted by Crippen LogP contribution is 2.05. The normalized spacial score (nSPS) is 10.6. The van der Waals surface area contributed by atoms with Gasteiger partial charge in [-0.05, 0) is 6.92 Å². The van der Waals surface area contributed by atoms with Crippen LogP contribution in [-0.2, 0) is 0 Å². The number of nitrogen functional groups attached to an aromatic ring is 1. The van der Waals surface area contributed by atoms with Crippen LogP contribution in [0.4, 0.5) is 5.69 Å². The second-order valence-corrected chi connectivity index (χ2v) is 2.46. The van der Waals surface area contributed by atoms with Crippen LogP contribution >= 0.6 is 0 Å². The van der Waals surface area contributed by atoms with Gasteiger partial charge in [0.1, 0.15) is 0 Å². The van der Waals surface area contributed by atoms with Crippen molar-refractivity contribution in [1.82, 2.24) is 14.4 Å². The zero-order valence-corrected chi connectivity index (χ0v) is 6.15. The molecule has 2 aromatic rings. The number of nitrogens with two attached hydrogens (primary N) is 1. The van der Waals surface area contributed by atoms with Crippen LogP contribution in [0.5, 0.6) is 0 Å². The first-order valence-corrected chi connectivity index (χ1v) is 3.32. The van der Waals surface area contributed by atoms with Crippen molar-refractivity contribution in [3.63, 3.8) is 0 Å². The largest absolute Gasteiger partial charge is 0.396 e. The average Bonchev–Trinajstić information content (AvgIpc) is 2.33. The Morgan fingerprint density at radius 1 is 1.36 bits per heavy atom. The molecule has 2 N–H and O–H groups in total. The van der Waals surface area contributed by atoms with E-state index in [2.05, 4.69) is 9.97 Å². The molecule has 4 heteroatoms. The minimum absolute atomic E-state index is 0.651. The van der Waals surface area contributed by atoms with Gasteiger partial charge < -0.3 is 5.73 Å². The molecule has 0 spiro atoms. The predicted molar refractivity (Wildman–Crippen MR) is 42.1 cm³/mol. The van der Waals surface area contributed by atoms with E-state index in [-0.39, 0.29) is 0 Å². The first kappa shape index (κ1) is 6.15. The molecule has 0 aromatic carbocycles. The molecule has 0 radical (unpaired) electrons. The Balaban J connectivity index is 2.87. The Morgan fingerprint density at radius 3 is 2.91 bits per heavy atom. The van der Waals surface area contributed by atoms with Gasteiger partial charge in [-0.3, -0.25) is 4.40 Å². The smallest absolute Gasteiger partial charge is 0.234 e. The van der Waals surface area contributed by atoms with E-state index in [0.29, 0.717) is 11.5 Å². The summed E-state index contributed by atoms with van der Waals surface area (Å²) in [5.41, 5.74) is 7.23. The Morgan fingerprint density at radius 2 is 2.09 bits per heavy atom. The summed E-state index contributed by atoms with van der Waals surface area (Å²) in [5, 5.41) is 0. The second-order valence-electron chi connectivity index (χ2n) is 2.46. The maximum absolute atomic E-state index is 5.54. The molecule has 0 atom stereocenters.